The van der Waals surface area contributed by atoms with Crippen LogP contribution in [-0.4, -0.2) is 19.5 Å². The van der Waals surface area contributed by atoms with Gasteiger partial charge < -0.3 is 5.11 Å². The van der Waals surface area contributed by atoms with E-state index in [2.05, 4.69) is 20.7 Å². The van der Waals surface area contributed by atoms with Gasteiger partial charge in [-0.2, -0.15) is 0 Å². The fourth-order valence-electron chi connectivity index (χ4n) is 1.59. The average molecular weight is 374 g/mol. The van der Waals surface area contributed by atoms with Crippen LogP contribution in [0.5, 0.6) is 0 Å². The number of anilines is 1. The summed E-state index contributed by atoms with van der Waals surface area (Å²) in [5, 5.41) is 8.85. The lowest BCUT2D eigenvalue weighted by Crippen LogP contribution is -2.15. The van der Waals surface area contributed by atoms with Crippen molar-refractivity contribution in [2.45, 2.75) is 4.90 Å². The number of rotatable bonds is 4. The third-order valence-corrected chi connectivity index (χ3v) is 4.66. The number of carboxylic acid groups (broad SMARTS) is 1. The number of halogens is 2. The lowest BCUT2D eigenvalue weighted by molar-refractivity contribution is 0.0696. The van der Waals surface area contributed by atoms with Gasteiger partial charge in [-0.1, -0.05) is 12.1 Å². The Balaban J connectivity index is 2.47. The summed E-state index contributed by atoms with van der Waals surface area (Å²) in [4.78, 5) is 10.1. The van der Waals surface area contributed by atoms with E-state index in [1.54, 1.807) is 18.2 Å². The molecule has 2 N–H and O–H groups in total. The number of carbonyl (C=O) groups is 1. The van der Waals surface area contributed by atoms with Crippen LogP contribution in [-0.2, 0) is 10.0 Å². The molecule has 0 bridgehead atoms. The molecular weight excluding hydrogens is 365 g/mol. The molecule has 0 fully saturated rings. The second kappa shape index (κ2) is 5.82. The molecule has 0 unspecified atom stereocenters. The second-order valence-electron chi connectivity index (χ2n) is 4.04. The number of benzene rings is 2. The largest absolute Gasteiger partial charge is 0.478 e. The quantitative estimate of drug-likeness (QED) is 0.862. The van der Waals surface area contributed by atoms with Crippen molar-refractivity contribution < 1.29 is 22.7 Å². The molecule has 0 aliphatic carbocycles. The monoisotopic (exact) mass is 373 g/mol. The van der Waals surface area contributed by atoms with Gasteiger partial charge in [-0.3, -0.25) is 4.72 Å². The molecule has 21 heavy (non-hydrogen) atoms. The zero-order valence-electron chi connectivity index (χ0n) is 10.4. The molecule has 0 saturated heterocycles. The highest BCUT2D eigenvalue weighted by molar-refractivity contribution is 9.10. The van der Waals surface area contributed by atoms with E-state index in [1.807, 2.05) is 0 Å². The number of aromatic carboxylic acids is 1. The molecule has 0 aliphatic rings. The minimum absolute atomic E-state index is 0.220. The summed E-state index contributed by atoms with van der Waals surface area (Å²) >= 11 is 3.16. The van der Waals surface area contributed by atoms with E-state index in [4.69, 9.17) is 5.11 Å². The molecule has 2 aromatic rings. The fourth-order valence-corrected chi connectivity index (χ4v) is 3.29. The number of hydrogen-bond donors (Lipinski definition) is 2. The fraction of sp³-hybridized carbons (Fsp3) is 0. The molecule has 2 aromatic carbocycles. The zero-order valence-corrected chi connectivity index (χ0v) is 12.8. The molecule has 2 rings (SSSR count). The van der Waals surface area contributed by atoms with Crippen molar-refractivity contribution in [3.63, 3.8) is 0 Å². The highest BCUT2D eigenvalue weighted by atomic mass is 79.9. The molecule has 0 atom stereocenters. The molecule has 0 saturated carbocycles. The summed E-state index contributed by atoms with van der Waals surface area (Å²) in [6, 6.07) is 8.96. The van der Waals surface area contributed by atoms with Gasteiger partial charge in [0.05, 0.1) is 11.3 Å². The van der Waals surface area contributed by atoms with E-state index in [0.29, 0.717) is 4.47 Å². The van der Waals surface area contributed by atoms with Crippen LogP contribution in [0.1, 0.15) is 10.4 Å². The predicted molar refractivity (Wildman–Crippen MR) is 78.3 cm³/mol. The maximum Gasteiger partial charge on any atom is 0.335 e. The Morgan fingerprint density at radius 1 is 1.19 bits per heavy atom. The first kappa shape index (κ1) is 15.5. The first-order valence-electron chi connectivity index (χ1n) is 5.61. The Morgan fingerprint density at radius 3 is 2.48 bits per heavy atom. The number of para-hydroxylation sites is 1. The first-order chi connectivity index (χ1) is 9.81. The van der Waals surface area contributed by atoms with Crippen LogP contribution in [0.2, 0.25) is 0 Å². The third kappa shape index (κ3) is 3.40. The molecule has 0 heterocycles. The zero-order chi connectivity index (χ0) is 15.6. The highest BCUT2D eigenvalue weighted by Gasteiger charge is 2.22. The molecule has 0 aliphatic heterocycles. The van der Waals surface area contributed by atoms with Crippen molar-refractivity contribution in [2.24, 2.45) is 0 Å². The van der Waals surface area contributed by atoms with Crippen molar-refractivity contribution in [1.82, 2.24) is 0 Å². The topological polar surface area (TPSA) is 83.5 Å². The smallest absolute Gasteiger partial charge is 0.335 e. The van der Waals surface area contributed by atoms with Gasteiger partial charge in [-0.15, -0.1) is 0 Å². The summed E-state index contributed by atoms with van der Waals surface area (Å²) in [7, 11) is -4.24. The molecule has 0 amide bonds. The molecule has 0 radical (unpaired) electrons. The van der Waals surface area contributed by atoms with Gasteiger partial charge in [0.25, 0.3) is 10.0 Å². The van der Waals surface area contributed by atoms with Crippen LogP contribution < -0.4 is 4.72 Å². The average Bonchev–Trinajstić information content (AvgIpc) is 2.41. The van der Waals surface area contributed by atoms with E-state index < -0.39 is 26.7 Å². The predicted octanol–water partition coefficient (Wildman–Crippen LogP) is 3.09. The van der Waals surface area contributed by atoms with Crippen LogP contribution in [0.4, 0.5) is 10.1 Å². The van der Waals surface area contributed by atoms with Crippen LogP contribution in [0.15, 0.2) is 51.8 Å². The van der Waals surface area contributed by atoms with Crippen molar-refractivity contribution in [2.75, 3.05) is 4.72 Å². The molecule has 0 spiro atoms. The van der Waals surface area contributed by atoms with Gasteiger partial charge in [0.15, 0.2) is 0 Å². The Bertz CT molecular complexity index is 808. The maximum atomic E-state index is 13.7. The molecule has 110 valence electrons. The summed E-state index contributed by atoms with van der Waals surface area (Å²) in [6.07, 6.45) is 0. The Labute approximate surface area is 128 Å². The number of carboxylic acids is 1. The van der Waals surface area contributed by atoms with Gasteiger partial charge in [0.1, 0.15) is 10.7 Å². The second-order valence-corrected chi connectivity index (χ2v) is 6.54. The van der Waals surface area contributed by atoms with E-state index in [0.717, 1.165) is 18.2 Å². The summed E-state index contributed by atoms with van der Waals surface area (Å²) in [5.74, 6) is -2.37. The summed E-state index contributed by atoms with van der Waals surface area (Å²) in [5.41, 5.74) is -0.0958. The Hall–Kier alpha value is -1.93. The van der Waals surface area contributed by atoms with Crippen LogP contribution in [0, 0.1) is 5.82 Å². The normalized spacial score (nSPS) is 11.1. The van der Waals surface area contributed by atoms with Crippen molar-refractivity contribution in [1.29, 1.82) is 0 Å². The van der Waals surface area contributed by atoms with E-state index in [9.17, 15) is 17.6 Å². The minimum Gasteiger partial charge on any atom is -0.478 e. The Kier molecular flexibility index (Phi) is 4.29. The molecule has 0 aromatic heterocycles. The van der Waals surface area contributed by atoms with Crippen LogP contribution >= 0.6 is 15.9 Å². The SMILES string of the molecule is O=C(O)c1ccc(F)c(S(=O)(=O)Nc2ccccc2Br)c1. The maximum absolute atomic E-state index is 13.7. The van der Waals surface area contributed by atoms with Gasteiger partial charge in [-0.25, -0.2) is 17.6 Å². The van der Waals surface area contributed by atoms with Gasteiger partial charge >= 0.3 is 5.97 Å². The first-order valence-corrected chi connectivity index (χ1v) is 7.89. The van der Waals surface area contributed by atoms with E-state index in [1.165, 1.54) is 6.07 Å². The highest BCUT2D eigenvalue weighted by Crippen LogP contribution is 2.25. The lowest BCUT2D eigenvalue weighted by atomic mass is 10.2. The van der Waals surface area contributed by atoms with E-state index in [-0.39, 0.29) is 11.3 Å². The van der Waals surface area contributed by atoms with Gasteiger partial charge in [0.2, 0.25) is 0 Å². The third-order valence-electron chi connectivity index (χ3n) is 2.59. The van der Waals surface area contributed by atoms with Gasteiger partial charge in [-0.05, 0) is 46.3 Å². The molecule has 8 heteroatoms. The summed E-state index contributed by atoms with van der Waals surface area (Å²) < 4.78 is 40.8. The van der Waals surface area contributed by atoms with E-state index >= 15 is 0 Å². The van der Waals surface area contributed by atoms with Crippen LogP contribution in [0.25, 0.3) is 0 Å². The van der Waals surface area contributed by atoms with Crippen molar-refractivity contribution >= 4 is 37.6 Å². The standard InChI is InChI=1S/C13H9BrFNO4S/c14-9-3-1-2-4-11(9)16-21(19,20)12-7-8(13(17)18)5-6-10(12)15/h1-7,16H,(H,17,18). The minimum atomic E-state index is -4.24. The number of sulfonamides is 1. The van der Waals surface area contributed by atoms with Crippen LogP contribution in [0.3, 0.4) is 0 Å². The lowest BCUT2D eigenvalue weighted by Gasteiger charge is -2.10. The Morgan fingerprint density at radius 2 is 1.86 bits per heavy atom. The van der Waals surface area contributed by atoms with Gasteiger partial charge in [0, 0.05) is 4.47 Å². The number of nitrogens with one attached hydrogen (secondary N) is 1. The van der Waals surface area contributed by atoms with Crippen molar-refractivity contribution in [3.8, 4) is 0 Å². The molecular formula is C13H9BrFNO4S. The molecule has 5 nitrogen and oxygen atoms in total. The number of hydrogen-bond acceptors (Lipinski definition) is 3. The van der Waals surface area contributed by atoms with Crippen molar-refractivity contribution in [3.05, 3.63) is 58.3 Å². The summed E-state index contributed by atoms with van der Waals surface area (Å²) in [6.45, 7) is 0.